The molecule has 1 N–H and O–H groups in total. The third-order valence-electron chi connectivity index (χ3n) is 6.28. The van der Waals surface area contributed by atoms with Crippen molar-refractivity contribution in [2.24, 2.45) is 23.7 Å². The molecule has 3 aliphatic rings. The lowest BCUT2D eigenvalue weighted by Gasteiger charge is -2.35. The molecule has 116 valence electrons. The number of aliphatic hydroxyl groups is 1. The molecule has 0 aliphatic heterocycles. The fourth-order valence-corrected chi connectivity index (χ4v) is 5.33. The SMILES string of the molecule is CCOC(C(O)CC1CC2CCC1C2)C1CCCCC1. The highest BCUT2D eigenvalue weighted by Crippen LogP contribution is 2.50. The maximum Gasteiger partial charge on any atom is 0.0861 e. The van der Waals surface area contributed by atoms with E-state index < -0.39 is 0 Å². The summed E-state index contributed by atoms with van der Waals surface area (Å²) in [5, 5.41) is 10.8. The molecule has 0 aromatic heterocycles. The largest absolute Gasteiger partial charge is 0.390 e. The molecule has 3 saturated carbocycles. The smallest absolute Gasteiger partial charge is 0.0861 e. The first-order valence-electron chi connectivity index (χ1n) is 9.07. The number of hydrogen-bond acceptors (Lipinski definition) is 2. The van der Waals surface area contributed by atoms with Gasteiger partial charge in [-0.3, -0.25) is 0 Å². The van der Waals surface area contributed by atoms with Crippen molar-refractivity contribution in [3.8, 4) is 0 Å². The van der Waals surface area contributed by atoms with Crippen LogP contribution in [-0.4, -0.2) is 23.9 Å². The van der Waals surface area contributed by atoms with Crippen LogP contribution in [0.3, 0.4) is 0 Å². The molecular formula is C18H32O2. The maximum atomic E-state index is 10.8. The van der Waals surface area contributed by atoms with E-state index in [0.29, 0.717) is 5.92 Å². The summed E-state index contributed by atoms with van der Waals surface area (Å²) in [5.74, 6) is 3.30. The van der Waals surface area contributed by atoms with Crippen molar-refractivity contribution >= 4 is 0 Å². The Hall–Kier alpha value is -0.0800. The molecular weight excluding hydrogens is 248 g/mol. The normalized spacial score (nSPS) is 37.2. The van der Waals surface area contributed by atoms with Crippen molar-refractivity contribution in [2.45, 2.75) is 83.3 Å². The summed E-state index contributed by atoms with van der Waals surface area (Å²) in [6, 6.07) is 0. The van der Waals surface area contributed by atoms with Gasteiger partial charge in [0, 0.05) is 6.61 Å². The zero-order chi connectivity index (χ0) is 13.9. The molecule has 0 saturated heterocycles. The average Bonchev–Trinajstić information content (AvgIpc) is 3.08. The predicted octanol–water partition coefficient (Wildman–Crippen LogP) is 4.16. The Morgan fingerprint density at radius 1 is 1.05 bits per heavy atom. The van der Waals surface area contributed by atoms with Crippen LogP contribution in [0.1, 0.15) is 71.1 Å². The Bertz CT molecular complexity index is 298. The standard InChI is InChI=1S/C18H32O2/c1-2-20-18(14-6-4-3-5-7-14)17(19)12-16-11-13-8-9-15(16)10-13/h13-19H,2-12H2,1H3. The molecule has 5 atom stereocenters. The van der Waals surface area contributed by atoms with Gasteiger partial charge in [-0.1, -0.05) is 25.7 Å². The third-order valence-corrected chi connectivity index (χ3v) is 6.28. The van der Waals surface area contributed by atoms with Crippen molar-refractivity contribution in [2.75, 3.05) is 6.61 Å². The Morgan fingerprint density at radius 2 is 1.85 bits per heavy atom. The first-order valence-corrected chi connectivity index (χ1v) is 9.07. The van der Waals surface area contributed by atoms with Crippen molar-refractivity contribution < 1.29 is 9.84 Å². The van der Waals surface area contributed by atoms with E-state index in [1.807, 2.05) is 0 Å². The maximum absolute atomic E-state index is 10.8. The second-order valence-corrected chi connectivity index (χ2v) is 7.56. The first kappa shape index (κ1) is 14.8. The summed E-state index contributed by atoms with van der Waals surface area (Å²) in [6.07, 6.45) is 13.1. The highest BCUT2D eigenvalue weighted by Gasteiger charge is 2.41. The van der Waals surface area contributed by atoms with E-state index in [2.05, 4.69) is 6.92 Å². The van der Waals surface area contributed by atoms with Gasteiger partial charge in [0.15, 0.2) is 0 Å². The molecule has 0 amide bonds. The van der Waals surface area contributed by atoms with Gasteiger partial charge in [-0.2, -0.15) is 0 Å². The minimum atomic E-state index is -0.220. The van der Waals surface area contributed by atoms with Gasteiger partial charge in [-0.25, -0.2) is 0 Å². The number of fused-ring (bicyclic) bond motifs is 2. The van der Waals surface area contributed by atoms with E-state index in [1.165, 1.54) is 57.8 Å². The molecule has 3 aliphatic carbocycles. The molecule has 0 aromatic rings. The molecule has 3 rings (SSSR count). The monoisotopic (exact) mass is 280 g/mol. The summed E-state index contributed by atoms with van der Waals surface area (Å²) in [7, 11) is 0. The molecule has 20 heavy (non-hydrogen) atoms. The van der Waals surface area contributed by atoms with E-state index >= 15 is 0 Å². The fraction of sp³-hybridized carbons (Fsp3) is 1.00. The van der Waals surface area contributed by atoms with Gasteiger partial charge < -0.3 is 9.84 Å². The summed E-state index contributed by atoms with van der Waals surface area (Å²) >= 11 is 0. The minimum Gasteiger partial charge on any atom is -0.390 e. The lowest BCUT2D eigenvalue weighted by atomic mass is 9.78. The highest BCUT2D eigenvalue weighted by atomic mass is 16.5. The lowest BCUT2D eigenvalue weighted by Crippen LogP contribution is -2.39. The van der Waals surface area contributed by atoms with Crippen LogP contribution >= 0.6 is 0 Å². The molecule has 2 bridgehead atoms. The average molecular weight is 280 g/mol. The fourth-order valence-electron chi connectivity index (χ4n) is 5.33. The van der Waals surface area contributed by atoms with Gasteiger partial charge in [-0.15, -0.1) is 0 Å². The molecule has 0 radical (unpaired) electrons. The summed E-state index contributed by atoms with van der Waals surface area (Å²) in [5.41, 5.74) is 0. The van der Waals surface area contributed by atoms with E-state index in [9.17, 15) is 5.11 Å². The Kier molecular flexibility index (Phi) is 5.04. The zero-order valence-corrected chi connectivity index (χ0v) is 13.1. The van der Waals surface area contributed by atoms with Crippen LogP contribution in [-0.2, 0) is 4.74 Å². The van der Waals surface area contributed by atoms with Gasteiger partial charge in [0.1, 0.15) is 0 Å². The van der Waals surface area contributed by atoms with Crippen LogP contribution in [0.5, 0.6) is 0 Å². The summed E-state index contributed by atoms with van der Waals surface area (Å²) in [6.45, 7) is 2.81. The van der Waals surface area contributed by atoms with Crippen LogP contribution in [0.25, 0.3) is 0 Å². The third kappa shape index (κ3) is 3.22. The number of ether oxygens (including phenoxy) is 1. The van der Waals surface area contributed by atoms with Crippen molar-refractivity contribution in [3.63, 3.8) is 0 Å². The lowest BCUT2D eigenvalue weighted by molar-refractivity contribution is -0.0814. The second kappa shape index (κ2) is 6.79. The van der Waals surface area contributed by atoms with Gasteiger partial charge in [0.2, 0.25) is 0 Å². The second-order valence-electron chi connectivity index (χ2n) is 7.56. The van der Waals surface area contributed by atoms with Crippen LogP contribution in [0.4, 0.5) is 0 Å². The van der Waals surface area contributed by atoms with Crippen molar-refractivity contribution in [1.82, 2.24) is 0 Å². The van der Waals surface area contributed by atoms with Crippen molar-refractivity contribution in [3.05, 3.63) is 0 Å². The highest BCUT2D eigenvalue weighted by molar-refractivity contribution is 4.92. The molecule has 0 spiro atoms. The Labute approximate surface area is 124 Å². The van der Waals surface area contributed by atoms with E-state index in [0.717, 1.165) is 30.8 Å². The van der Waals surface area contributed by atoms with E-state index in [1.54, 1.807) is 0 Å². The summed E-state index contributed by atoms with van der Waals surface area (Å²) in [4.78, 5) is 0. The number of aliphatic hydroxyl groups excluding tert-OH is 1. The molecule has 5 unspecified atom stereocenters. The van der Waals surface area contributed by atoms with Crippen LogP contribution in [0.2, 0.25) is 0 Å². The molecule has 0 aromatic carbocycles. The summed E-state index contributed by atoms with van der Waals surface area (Å²) < 4.78 is 5.98. The first-order chi connectivity index (χ1) is 9.78. The van der Waals surface area contributed by atoms with Crippen LogP contribution in [0.15, 0.2) is 0 Å². The van der Waals surface area contributed by atoms with Crippen LogP contribution < -0.4 is 0 Å². The van der Waals surface area contributed by atoms with E-state index in [4.69, 9.17) is 4.74 Å². The van der Waals surface area contributed by atoms with Crippen LogP contribution in [0, 0.1) is 23.7 Å². The quantitative estimate of drug-likeness (QED) is 0.791. The Balaban J connectivity index is 1.55. The minimum absolute atomic E-state index is 0.111. The molecule has 2 heteroatoms. The van der Waals surface area contributed by atoms with Crippen molar-refractivity contribution in [1.29, 1.82) is 0 Å². The number of rotatable bonds is 6. The van der Waals surface area contributed by atoms with Gasteiger partial charge in [-0.05, 0) is 69.1 Å². The molecule has 0 heterocycles. The zero-order valence-electron chi connectivity index (χ0n) is 13.1. The number of hydrogen-bond donors (Lipinski definition) is 1. The Morgan fingerprint density at radius 3 is 2.45 bits per heavy atom. The molecule has 2 nitrogen and oxygen atoms in total. The molecule has 3 fully saturated rings. The van der Waals surface area contributed by atoms with Gasteiger partial charge >= 0.3 is 0 Å². The van der Waals surface area contributed by atoms with E-state index in [-0.39, 0.29) is 12.2 Å². The van der Waals surface area contributed by atoms with Gasteiger partial charge in [0.05, 0.1) is 12.2 Å². The van der Waals surface area contributed by atoms with Gasteiger partial charge in [0.25, 0.3) is 0 Å². The predicted molar refractivity (Wildman–Crippen MR) is 81.6 cm³/mol. The topological polar surface area (TPSA) is 29.5 Å².